The number of hydrogen-bond acceptors (Lipinski definition) is 9. The van der Waals surface area contributed by atoms with Gasteiger partial charge in [-0.1, -0.05) is 23.5 Å². The number of aromatic nitrogens is 3. The molecule has 0 aliphatic carbocycles. The molecule has 0 saturated carbocycles. The molecule has 6 rings (SSSR count). The second-order valence-corrected chi connectivity index (χ2v) is 11.4. The number of nitrogens with zero attached hydrogens (tertiary/aromatic N) is 5. The van der Waals surface area contributed by atoms with Gasteiger partial charge in [0.25, 0.3) is 5.92 Å². The molecule has 1 atom stereocenters. The number of halogens is 3. The molecular formula is C27H30F3N7OS. The number of anilines is 2. The van der Waals surface area contributed by atoms with Crippen molar-refractivity contribution in [3.63, 3.8) is 0 Å². The lowest BCUT2D eigenvalue weighted by molar-refractivity contribution is 0.0156. The first-order chi connectivity index (χ1) is 18.7. The molecule has 0 spiro atoms. The molecule has 2 saturated heterocycles. The van der Waals surface area contributed by atoms with Gasteiger partial charge in [-0.3, -0.25) is 0 Å². The Morgan fingerprint density at radius 1 is 1.21 bits per heavy atom. The molecule has 4 heterocycles. The average molecular weight is 558 g/mol. The van der Waals surface area contributed by atoms with Crippen LogP contribution in [-0.2, 0) is 0 Å². The smallest absolute Gasteiger partial charge is 0.319 e. The van der Waals surface area contributed by atoms with Crippen LogP contribution in [0.3, 0.4) is 0 Å². The van der Waals surface area contributed by atoms with E-state index >= 15 is 4.39 Å². The molecule has 2 aromatic carbocycles. The third-order valence-electron chi connectivity index (χ3n) is 7.53. The molecule has 12 heteroatoms. The van der Waals surface area contributed by atoms with Crippen molar-refractivity contribution in [2.24, 2.45) is 0 Å². The Bertz CT molecular complexity index is 1550. The largest absolute Gasteiger partial charge is 0.462 e. The molecule has 3 N–H and O–H groups in total. The minimum atomic E-state index is -2.98. The maximum atomic E-state index is 16.5. The Balaban J connectivity index is 1.51. The minimum Gasteiger partial charge on any atom is -0.462 e. The van der Waals surface area contributed by atoms with E-state index in [-0.39, 0.29) is 29.9 Å². The SMILES string of the molecule is Cc1cc2c(N3CCNCC(F)(F)C3)nc(OC[C@@H]3CCCN3C)nc2c(F)c1-c1cccc2sc(N)nc12. The lowest BCUT2D eigenvalue weighted by Crippen LogP contribution is -2.39. The maximum Gasteiger partial charge on any atom is 0.319 e. The third-order valence-corrected chi connectivity index (χ3v) is 8.38. The van der Waals surface area contributed by atoms with Gasteiger partial charge in [0.2, 0.25) is 0 Å². The zero-order valence-corrected chi connectivity index (χ0v) is 22.6. The van der Waals surface area contributed by atoms with E-state index in [0.29, 0.717) is 45.9 Å². The molecule has 0 radical (unpaired) electrons. The lowest BCUT2D eigenvalue weighted by atomic mass is 9.96. The van der Waals surface area contributed by atoms with Crippen molar-refractivity contribution in [3.05, 3.63) is 35.6 Å². The maximum absolute atomic E-state index is 16.5. The van der Waals surface area contributed by atoms with Gasteiger partial charge in [-0.2, -0.15) is 9.97 Å². The van der Waals surface area contributed by atoms with Crippen LogP contribution < -0.4 is 20.7 Å². The molecule has 8 nitrogen and oxygen atoms in total. The summed E-state index contributed by atoms with van der Waals surface area (Å²) in [4.78, 5) is 17.2. The van der Waals surface area contributed by atoms with Crippen molar-refractivity contribution in [2.45, 2.75) is 31.7 Å². The highest BCUT2D eigenvalue weighted by Gasteiger charge is 2.35. The second kappa shape index (κ2) is 10.1. The first-order valence-corrected chi connectivity index (χ1v) is 13.8. The van der Waals surface area contributed by atoms with Gasteiger partial charge in [0.15, 0.2) is 10.9 Å². The molecule has 4 aromatic rings. The van der Waals surface area contributed by atoms with Crippen LogP contribution in [0.2, 0.25) is 0 Å². The fourth-order valence-corrected chi connectivity index (χ4v) is 6.32. The van der Waals surface area contributed by atoms with Gasteiger partial charge in [0, 0.05) is 35.6 Å². The summed E-state index contributed by atoms with van der Waals surface area (Å²) in [6, 6.07) is 7.45. The molecule has 0 bridgehead atoms. The van der Waals surface area contributed by atoms with Crippen molar-refractivity contribution in [2.75, 3.05) is 57.0 Å². The van der Waals surface area contributed by atoms with Gasteiger partial charge in [-0.15, -0.1) is 0 Å². The lowest BCUT2D eigenvalue weighted by Gasteiger charge is -2.27. The van der Waals surface area contributed by atoms with Gasteiger partial charge in [-0.25, -0.2) is 18.2 Å². The Morgan fingerprint density at radius 3 is 2.85 bits per heavy atom. The summed E-state index contributed by atoms with van der Waals surface area (Å²) in [6.45, 7) is 2.74. The summed E-state index contributed by atoms with van der Waals surface area (Å²) in [5.74, 6) is -3.31. The number of aryl methyl sites for hydroxylation is 1. The van der Waals surface area contributed by atoms with Crippen LogP contribution in [0.25, 0.3) is 32.2 Å². The predicted molar refractivity (Wildman–Crippen MR) is 148 cm³/mol. The van der Waals surface area contributed by atoms with Gasteiger partial charge < -0.3 is 25.6 Å². The number of rotatable bonds is 5. The molecule has 2 aliphatic heterocycles. The highest BCUT2D eigenvalue weighted by molar-refractivity contribution is 7.22. The normalized spacial score (nSPS) is 20.1. The minimum absolute atomic E-state index is 0.0242. The number of alkyl halides is 2. The Hall–Kier alpha value is -3.22. The highest BCUT2D eigenvalue weighted by atomic mass is 32.1. The zero-order valence-electron chi connectivity index (χ0n) is 21.8. The Morgan fingerprint density at radius 2 is 2.05 bits per heavy atom. The summed E-state index contributed by atoms with van der Waals surface area (Å²) in [5, 5.41) is 3.53. The van der Waals surface area contributed by atoms with Crippen molar-refractivity contribution < 1.29 is 17.9 Å². The third kappa shape index (κ3) is 4.96. The van der Waals surface area contributed by atoms with E-state index in [9.17, 15) is 8.78 Å². The van der Waals surface area contributed by atoms with Crippen molar-refractivity contribution in [3.8, 4) is 17.1 Å². The van der Waals surface area contributed by atoms with Crippen molar-refractivity contribution in [1.82, 2.24) is 25.2 Å². The summed E-state index contributed by atoms with van der Waals surface area (Å²) in [7, 11) is 2.03. The van der Waals surface area contributed by atoms with Crippen LogP contribution in [0.15, 0.2) is 24.3 Å². The molecule has 2 fully saturated rings. The first kappa shape index (κ1) is 26.0. The average Bonchev–Trinajstić information content (AvgIpc) is 3.43. The van der Waals surface area contributed by atoms with Crippen molar-refractivity contribution >= 4 is 43.4 Å². The van der Waals surface area contributed by atoms with E-state index in [1.807, 2.05) is 19.2 Å². The number of likely N-dealkylation sites (N-methyl/N-ethyl adjacent to an activating group) is 1. The topological polar surface area (TPSA) is 92.4 Å². The van der Waals surface area contributed by atoms with E-state index in [1.165, 1.54) is 16.2 Å². The number of thiazole rings is 1. The van der Waals surface area contributed by atoms with E-state index in [2.05, 4.69) is 25.2 Å². The predicted octanol–water partition coefficient (Wildman–Crippen LogP) is 4.45. The van der Waals surface area contributed by atoms with Crippen LogP contribution in [0, 0.1) is 12.7 Å². The highest BCUT2D eigenvalue weighted by Crippen LogP contribution is 2.40. The summed E-state index contributed by atoms with van der Waals surface area (Å²) < 4.78 is 52.6. The summed E-state index contributed by atoms with van der Waals surface area (Å²) in [5.41, 5.74) is 8.14. The number of likely N-dealkylation sites (tertiary alicyclic amines) is 1. The van der Waals surface area contributed by atoms with Crippen LogP contribution in [0.4, 0.5) is 24.1 Å². The molecule has 2 aliphatic rings. The monoisotopic (exact) mass is 557 g/mol. The zero-order chi connectivity index (χ0) is 27.3. The quantitative estimate of drug-likeness (QED) is 0.372. The van der Waals surface area contributed by atoms with Crippen molar-refractivity contribution in [1.29, 1.82) is 0 Å². The van der Waals surface area contributed by atoms with Crippen LogP contribution in [0.1, 0.15) is 18.4 Å². The fourth-order valence-electron chi connectivity index (χ4n) is 5.56. The number of hydrogen-bond donors (Lipinski definition) is 2. The molecule has 0 amide bonds. The standard InChI is InChI=1S/C27H30F3N7OS/c1-15-11-18-23(21(28)20(15)17-6-3-7-19-22(17)33-25(31)39-19)34-26(38-12-16-5-4-9-36(16)2)35-24(18)37-10-8-32-13-27(29,30)14-37/h3,6-7,11,16,32H,4-5,8-10,12-14H2,1-2H3,(H2,31,33)/t16-/m0/s1. The molecule has 2 aromatic heterocycles. The Kier molecular flexibility index (Phi) is 6.72. The van der Waals surface area contributed by atoms with Crippen LogP contribution >= 0.6 is 11.3 Å². The van der Waals surface area contributed by atoms with Gasteiger partial charge >= 0.3 is 6.01 Å². The van der Waals surface area contributed by atoms with Gasteiger partial charge in [-0.05, 0) is 51.1 Å². The fraction of sp³-hybridized carbons (Fsp3) is 0.444. The number of ether oxygens (including phenoxy) is 1. The first-order valence-electron chi connectivity index (χ1n) is 13.0. The second-order valence-electron chi connectivity index (χ2n) is 10.4. The number of nitrogens with two attached hydrogens (primary N) is 1. The molecule has 0 unspecified atom stereocenters. The Labute approximate surface area is 228 Å². The number of para-hydroxylation sites is 1. The van der Waals surface area contributed by atoms with Crippen LogP contribution in [-0.4, -0.2) is 78.2 Å². The van der Waals surface area contributed by atoms with Gasteiger partial charge in [0.05, 0.1) is 23.3 Å². The molecule has 39 heavy (non-hydrogen) atoms. The number of nitrogens with one attached hydrogen (secondary N) is 1. The summed E-state index contributed by atoms with van der Waals surface area (Å²) in [6.07, 6.45) is 2.04. The van der Waals surface area contributed by atoms with E-state index in [1.54, 1.807) is 19.1 Å². The van der Waals surface area contributed by atoms with E-state index < -0.39 is 24.8 Å². The van der Waals surface area contributed by atoms with E-state index in [4.69, 9.17) is 10.5 Å². The van der Waals surface area contributed by atoms with Gasteiger partial charge in [0.1, 0.15) is 17.9 Å². The van der Waals surface area contributed by atoms with E-state index in [0.717, 1.165) is 24.1 Å². The summed E-state index contributed by atoms with van der Waals surface area (Å²) >= 11 is 1.33. The number of benzene rings is 2. The number of nitrogen functional groups attached to an aromatic ring is 1. The van der Waals surface area contributed by atoms with Crippen LogP contribution in [0.5, 0.6) is 6.01 Å². The molecule has 206 valence electrons. The number of fused-ring (bicyclic) bond motifs is 2. The molecular weight excluding hydrogens is 527 g/mol.